The average Bonchev–Trinajstić information content (AvgIpc) is 3.37. The van der Waals surface area contributed by atoms with Gasteiger partial charge in [-0.3, -0.25) is 4.98 Å². The van der Waals surface area contributed by atoms with E-state index in [0.29, 0.717) is 27.7 Å². The number of aromatic nitrogens is 2. The van der Waals surface area contributed by atoms with Gasteiger partial charge in [-0.15, -0.1) is 0 Å². The van der Waals surface area contributed by atoms with Crippen LogP contribution in [-0.2, 0) is 12.5 Å². The number of aryl methyl sites for hydroxylation is 3. The van der Waals surface area contributed by atoms with E-state index in [1.165, 1.54) is 18.5 Å². The van der Waals surface area contributed by atoms with Gasteiger partial charge in [-0.25, -0.2) is 4.57 Å². The topological polar surface area (TPSA) is 29.9 Å². The summed E-state index contributed by atoms with van der Waals surface area (Å²) >= 11 is 0. The minimum Gasteiger partial charge on any atom is -0.454 e. The van der Waals surface area contributed by atoms with Gasteiger partial charge in [0, 0.05) is 63.7 Å². The van der Waals surface area contributed by atoms with Gasteiger partial charge in [0.05, 0.1) is 5.56 Å². The van der Waals surface area contributed by atoms with Crippen LogP contribution in [0.15, 0.2) is 65.5 Å². The van der Waals surface area contributed by atoms with Crippen molar-refractivity contribution in [3.8, 4) is 22.4 Å². The Labute approximate surface area is 194 Å². The molecule has 0 radical (unpaired) electrons. The maximum Gasteiger partial charge on any atom is 0.216 e. The molecule has 0 amide bonds. The molecule has 0 aliphatic heterocycles. The first kappa shape index (κ1) is 11.2. The molecule has 0 unspecified atom stereocenters. The fourth-order valence-corrected chi connectivity index (χ4v) is 4.83. The number of rotatable bonds is 1. The fraction of sp³-hybridized carbons (Fsp3) is 0.214. The monoisotopic (exact) mass is 414 g/mol. The largest absolute Gasteiger partial charge is 0.454 e. The van der Waals surface area contributed by atoms with Crippen molar-refractivity contribution in [2.45, 2.75) is 32.9 Å². The third-order valence-corrected chi connectivity index (χ3v) is 6.31. The molecule has 0 atom stereocenters. The SMILES string of the molecule is [2H]C([2H])([2H])c1ccc(-c2c(C)ccc3c2oc2c4c(ccc23)C(C([2H])([2H])[2H])(C([2H])([2H])[2H])c2ccncc2-4)[n+](C)c1. The molecule has 3 heteroatoms. The summed E-state index contributed by atoms with van der Waals surface area (Å²) < 4.78 is 82.3. The first-order valence-electron chi connectivity index (χ1n) is 14.5. The standard InChI is InChI=1S/C28H25N2O/c1-16-6-11-23(30(5)15-16)24-17(2)7-8-18-19-9-10-22-25(27(19)31-26(18)24)20-14-29-13-12-21(20)28(22,3)4/h6-15H,1-5H3/q+1/i1D3,3D3,4D3. The van der Waals surface area contributed by atoms with Crippen molar-refractivity contribution in [3.05, 3.63) is 83.3 Å². The summed E-state index contributed by atoms with van der Waals surface area (Å²) in [4.78, 5) is 4.21. The van der Waals surface area contributed by atoms with Crippen LogP contribution >= 0.6 is 0 Å². The van der Waals surface area contributed by atoms with Gasteiger partial charge in [0.25, 0.3) is 0 Å². The quantitative estimate of drug-likeness (QED) is 0.297. The van der Waals surface area contributed by atoms with E-state index in [-0.39, 0.29) is 16.7 Å². The Morgan fingerprint density at radius 1 is 0.935 bits per heavy atom. The lowest BCUT2D eigenvalue weighted by atomic mass is 9.82. The van der Waals surface area contributed by atoms with E-state index in [2.05, 4.69) is 4.98 Å². The van der Waals surface area contributed by atoms with Crippen molar-refractivity contribution in [1.82, 2.24) is 4.98 Å². The molecule has 0 saturated carbocycles. The summed E-state index contributed by atoms with van der Waals surface area (Å²) in [6, 6.07) is 12.0. The van der Waals surface area contributed by atoms with Crippen LogP contribution in [0.3, 0.4) is 0 Å². The molecular weight excluding hydrogens is 380 g/mol. The maximum absolute atomic E-state index is 8.45. The second kappa shape index (κ2) is 6.04. The van der Waals surface area contributed by atoms with Crippen molar-refractivity contribution in [3.63, 3.8) is 0 Å². The zero-order valence-corrected chi connectivity index (χ0v) is 17.1. The highest BCUT2D eigenvalue weighted by Gasteiger charge is 2.38. The summed E-state index contributed by atoms with van der Waals surface area (Å²) in [5.74, 6) is 0. The van der Waals surface area contributed by atoms with Gasteiger partial charge < -0.3 is 4.42 Å². The average molecular weight is 415 g/mol. The third-order valence-electron chi connectivity index (χ3n) is 6.31. The fourth-order valence-electron chi connectivity index (χ4n) is 4.83. The van der Waals surface area contributed by atoms with Crippen LogP contribution in [-0.4, -0.2) is 4.98 Å². The lowest BCUT2D eigenvalue weighted by Gasteiger charge is -2.20. The van der Waals surface area contributed by atoms with E-state index < -0.39 is 26.0 Å². The number of fused-ring (bicyclic) bond motifs is 7. The van der Waals surface area contributed by atoms with Gasteiger partial charge in [-0.1, -0.05) is 38.0 Å². The Hall–Kier alpha value is -3.46. The summed E-state index contributed by atoms with van der Waals surface area (Å²) in [6.07, 6.45) is 4.49. The van der Waals surface area contributed by atoms with Gasteiger partial charge in [0.15, 0.2) is 6.20 Å². The number of pyridine rings is 2. The van der Waals surface area contributed by atoms with Crippen LogP contribution in [0.25, 0.3) is 44.3 Å². The molecule has 1 aliphatic rings. The third kappa shape index (κ3) is 2.35. The number of benzene rings is 2. The summed E-state index contributed by atoms with van der Waals surface area (Å²) in [7, 11) is 1.77. The van der Waals surface area contributed by atoms with E-state index in [0.717, 1.165) is 22.2 Å². The van der Waals surface area contributed by atoms with Gasteiger partial charge in [0.2, 0.25) is 5.69 Å². The molecule has 3 heterocycles. The Balaban J connectivity index is 1.72. The number of nitrogens with zero attached hydrogens (tertiary/aromatic N) is 2. The number of furan rings is 1. The van der Waals surface area contributed by atoms with Crippen LogP contribution in [0.5, 0.6) is 0 Å². The summed E-state index contributed by atoms with van der Waals surface area (Å²) in [5, 5.41) is 1.47. The highest BCUT2D eigenvalue weighted by atomic mass is 16.3. The number of hydrogen-bond donors (Lipinski definition) is 0. The lowest BCUT2D eigenvalue weighted by Crippen LogP contribution is -2.31. The zero-order valence-electron chi connectivity index (χ0n) is 26.1. The van der Waals surface area contributed by atoms with Crippen molar-refractivity contribution in [1.29, 1.82) is 0 Å². The van der Waals surface area contributed by atoms with Gasteiger partial charge in [-0.2, -0.15) is 0 Å². The predicted molar refractivity (Wildman–Crippen MR) is 125 cm³/mol. The predicted octanol–water partition coefficient (Wildman–Crippen LogP) is 6.40. The first-order valence-corrected chi connectivity index (χ1v) is 10.0. The Bertz CT molecular complexity index is 1830. The van der Waals surface area contributed by atoms with Gasteiger partial charge >= 0.3 is 0 Å². The van der Waals surface area contributed by atoms with Crippen molar-refractivity contribution >= 4 is 21.9 Å². The minimum absolute atomic E-state index is 0.160. The van der Waals surface area contributed by atoms with Crippen LogP contribution < -0.4 is 4.57 Å². The van der Waals surface area contributed by atoms with E-state index in [9.17, 15) is 0 Å². The second-order valence-corrected chi connectivity index (χ2v) is 8.19. The molecule has 0 spiro atoms. The Kier molecular flexibility index (Phi) is 2.19. The van der Waals surface area contributed by atoms with Crippen molar-refractivity contribution < 1.29 is 21.3 Å². The minimum atomic E-state index is -2.89. The molecule has 1 aliphatic carbocycles. The normalized spacial score (nSPS) is 19.7. The van der Waals surface area contributed by atoms with E-state index in [1.807, 2.05) is 19.1 Å². The molecule has 5 aromatic rings. The second-order valence-electron chi connectivity index (χ2n) is 8.19. The highest BCUT2D eigenvalue weighted by Crippen LogP contribution is 2.52. The van der Waals surface area contributed by atoms with E-state index in [4.69, 9.17) is 16.8 Å². The molecule has 2 aromatic carbocycles. The highest BCUT2D eigenvalue weighted by molar-refractivity contribution is 6.14. The summed E-state index contributed by atoms with van der Waals surface area (Å²) in [5.41, 5.74) is 2.41. The molecule has 31 heavy (non-hydrogen) atoms. The molecule has 0 fully saturated rings. The van der Waals surface area contributed by atoms with Gasteiger partial charge in [-0.05, 0) is 42.6 Å². The molecular formula is C28H25N2O+. The molecule has 6 rings (SSSR count). The van der Waals surface area contributed by atoms with E-state index in [1.54, 1.807) is 42.1 Å². The molecule has 152 valence electrons. The van der Waals surface area contributed by atoms with Crippen molar-refractivity contribution in [2.75, 3.05) is 0 Å². The zero-order chi connectivity index (χ0) is 29.0. The van der Waals surface area contributed by atoms with Crippen molar-refractivity contribution in [2.24, 2.45) is 7.05 Å². The van der Waals surface area contributed by atoms with Crippen LogP contribution in [0, 0.1) is 13.8 Å². The lowest BCUT2D eigenvalue weighted by molar-refractivity contribution is -0.660. The van der Waals surface area contributed by atoms with Gasteiger partial charge in [0.1, 0.15) is 18.2 Å². The molecule has 0 bridgehead atoms. The van der Waals surface area contributed by atoms with Crippen LogP contribution in [0.2, 0.25) is 0 Å². The molecule has 3 nitrogen and oxygen atoms in total. The molecule has 0 N–H and O–H groups in total. The van der Waals surface area contributed by atoms with Crippen LogP contribution in [0.4, 0.5) is 0 Å². The maximum atomic E-state index is 8.45. The Morgan fingerprint density at radius 3 is 2.52 bits per heavy atom. The summed E-state index contributed by atoms with van der Waals surface area (Å²) in [6.45, 7) is -6.10. The van der Waals surface area contributed by atoms with E-state index >= 15 is 0 Å². The number of hydrogen-bond acceptors (Lipinski definition) is 2. The molecule has 0 saturated heterocycles. The van der Waals surface area contributed by atoms with Crippen LogP contribution in [0.1, 0.15) is 48.3 Å². The first-order chi connectivity index (χ1) is 18.6. The Morgan fingerprint density at radius 2 is 1.74 bits per heavy atom. The molecule has 3 aromatic heterocycles. The smallest absolute Gasteiger partial charge is 0.216 e.